The van der Waals surface area contributed by atoms with Crippen LogP contribution in [-0.4, -0.2) is 31.2 Å². The van der Waals surface area contributed by atoms with E-state index in [1.807, 2.05) is 44.2 Å². The molecule has 2 rings (SSSR count). The number of nitrogens with one attached hydrogen (secondary N) is 1. The molecule has 1 aliphatic rings. The molecule has 0 unspecified atom stereocenters. The number of hydrogen-bond acceptors (Lipinski definition) is 4. The number of carbonyl (C=O) groups excluding carboxylic acids is 2. The number of ketones is 1. The molecule has 108 valence electrons. The quantitative estimate of drug-likeness (QED) is 0.895. The van der Waals surface area contributed by atoms with Gasteiger partial charge in [0.05, 0.1) is 13.2 Å². The molecule has 1 aliphatic heterocycles. The van der Waals surface area contributed by atoms with Gasteiger partial charge in [-0.15, -0.1) is 0 Å². The van der Waals surface area contributed by atoms with Gasteiger partial charge in [0.25, 0.3) is 0 Å². The molecule has 1 saturated heterocycles. The molecule has 5 nitrogen and oxygen atoms in total. The SMILES string of the molecule is CC(C)C(=O)[C@H](NC(=O)OC1COC1)c1ccccc1. The molecule has 1 aromatic carbocycles. The summed E-state index contributed by atoms with van der Waals surface area (Å²) < 4.78 is 10.1. The zero-order valence-electron chi connectivity index (χ0n) is 11.7. The average molecular weight is 277 g/mol. The second-order valence-corrected chi connectivity index (χ2v) is 5.11. The highest BCUT2D eigenvalue weighted by Crippen LogP contribution is 2.18. The van der Waals surface area contributed by atoms with Gasteiger partial charge in [-0.25, -0.2) is 4.79 Å². The smallest absolute Gasteiger partial charge is 0.408 e. The molecule has 5 heteroatoms. The monoisotopic (exact) mass is 277 g/mol. The normalized spacial score (nSPS) is 16.4. The van der Waals surface area contributed by atoms with Crippen LogP contribution in [0.25, 0.3) is 0 Å². The van der Waals surface area contributed by atoms with Gasteiger partial charge in [-0.1, -0.05) is 44.2 Å². The minimum Gasteiger partial charge on any atom is -0.441 e. The van der Waals surface area contributed by atoms with Crippen LogP contribution in [0.5, 0.6) is 0 Å². The van der Waals surface area contributed by atoms with Crippen LogP contribution in [0.15, 0.2) is 30.3 Å². The molecule has 1 N–H and O–H groups in total. The number of Topliss-reactive ketones (excluding diaryl/α,β-unsaturated/α-hetero) is 1. The summed E-state index contributed by atoms with van der Waals surface area (Å²) in [6.07, 6.45) is -0.790. The highest BCUT2D eigenvalue weighted by atomic mass is 16.6. The van der Waals surface area contributed by atoms with E-state index >= 15 is 0 Å². The molecule has 1 amide bonds. The number of rotatable bonds is 5. The maximum Gasteiger partial charge on any atom is 0.408 e. The standard InChI is InChI=1S/C15H19NO4/c1-10(2)14(17)13(11-6-4-3-5-7-11)16-15(18)20-12-8-19-9-12/h3-7,10,12-13H,8-9H2,1-2H3,(H,16,18)/t13-/m1/s1. The molecule has 1 aromatic rings. The van der Waals surface area contributed by atoms with E-state index in [9.17, 15) is 9.59 Å². The van der Waals surface area contributed by atoms with Crippen molar-refractivity contribution in [3.63, 3.8) is 0 Å². The van der Waals surface area contributed by atoms with E-state index in [1.54, 1.807) is 0 Å². The first-order valence-electron chi connectivity index (χ1n) is 6.71. The van der Waals surface area contributed by atoms with Gasteiger partial charge in [-0.2, -0.15) is 0 Å². The molecule has 20 heavy (non-hydrogen) atoms. The van der Waals surface area contributed by atoms with E-state index in [0.29, 0.717) is 13.2 Å². The summed E-state index contributed by atoms with van der Waals surface area (Å²) in [5.74, 6) is -0.217. The summed E-state index contributed by atoms with van der Waals surface area (Å²) in [7, 11) is 0. The molecule has 1 heterocycles. The Balaban J connectivity index is 2.06. The van der Waals surface area contributed by atoms with Crippen molar-refractivity contribution in [1.29, 1.82) is 0 Å². The lowest BCUT2D eigenvalue weighted by atomic mass is 9.95. The lowest BCUT2D eigenvalue weighted by Gasteiger charge is -2.27. The molecule has 0 bridgehead atoms. The third kappa shape index (κ3) is 3.57. The van der Waals surface area contributed by atoms with Crippen molar-refractivity contribution in [2.75, 3.05) is 13.2 Å². The summed E-state index contributed by atoms with van der Waals surface area (Å²) in [6, 6.07) is 8.50. The van der Waals surface area contributed by atoms with Gasteiger partial charge in [0, 0.05) is 5.92 Å². The molecule has 0 saturated carbocycles. The van der Waals surface area contributed by atoms with Crippen molar-refractivity contribution in [2.24, 2.45) is 5.92 Å². The Labute approximate surface area is 118 Å². The lowest BCUT2D eigenvalue weighted by Crippen LogP contribution is -2.43. The molecule has 1 atom stereocenters. The van der Waals surface area contributed by atoms with Crippen LogP contribution in [0, 0.1) is 5.92 Å². The van der Waals surface area contributed by atoms with E-state index in [0.717, 1.165) is 5.56 Å². The lowest BCUT2D eigenvalue weighted by molar-refractivity contribution is -0.124. The minimum absolute atomic E-state index is 0.0435. The molecule has 0 aromatic heterocycles. The molecule has 0 spiro atoms. The van der Waals surface area contributed by atoms with Crippen molar-refractivity contribution in [2.45, 2.75) is 26.0 Å². The summed E-state index contributed by atoms with van der Waals surface area (Å²) in [5.41, 5.74) is 0.757. The molecular formula is C15H19NO4. The number of ether oxygens (including phenoxy) is 2. The van der Waals surface area contributed by atoms with E-state index in [1.165, 1.54) is 0 Å². The maximum atomic E-state index is 12.3. The van der Waals surface area contributed by atoms with Crippen LogP contribution >= 0.6 is 0 Å². The van der Waals surface area contributed by atoms with E-state index in [2.05, 4.69) is 5.32 Å². The molecule has 0 radical (unpaired) electrons. The van der Waals surface area contributed by atoms with Crippen molar-refractivity contribution in [1.82, 2.24) is 5.32 Å². The highest BCUT2D eigenvalue weighted by Gasteiger charge is 2.28. The Hall–Kier alpha value is -1.88. The second kappa shape index (κ2) is 6.52. The van der Waals surface area contributed by atoms with Gasteiger partial charge in [-0.05, 0) is 5.56 Å². The predicted octanol–water partition coefficient (Wildman–Crippen LogP) is 2.08. The van der Waals surface area contributed by atoms with Gasteiger partial charge in [0.2, 0.25) is 0 Å². The average Bonchev–Trinajstić information content (AvgIpc) is 2.40. The summed E-state index contributed by atoms with van der Waals surface area (Å²) in [4.78, 5) is 24.1. The van der Waals surface area contributed by atoms with Crippen LogP contribution in [0.2, 0.25) is 0 Å². The largest absolute Gasteiger partial charge is 0.441 e. The Bertz CT molecular complexity index is 468. The van der Waals surface area contributed by atoms with Crippen LogP contribution in [0.4, 0.5) is 4.79 Å². The first-order valence-corrected chi connectivity index (χ1v) is 6.71. The summed E-state index contributed by atoms with van der Waals surface area (Å²) in [5, 5.41) is 2.65. The fourth-order valence-corrected chi connectivity index (χ4v) is 1.88. The summed E-state index contributed by atoms with van der Waals surface area (Å²) in [6.45, 7) is 4.46. The van der Waals surface area contributed by atoms with Crippen LogP contribution in [0.1, 0.15) is 25.5 Å². The van der Waals surface area contributed by atoms with Crippen LogP contribution in [0.3, 0.4) is 0 Å². The Morgan fingerprint density at radius 3 is 2.40 bits per heavy atom. The van der Waals surface area contributed by atoms with Crippen LogP contribution in [-0.2, 0) is 14.3 Å². The molecule has 0 aliphatic carbocycles. The number of benzene rings is 1. The maximum absolute atomic E-state index is 12.3. The van der Waals surface area contributed by atoms with E-state index in [-0.39, 0.29) is 17.8 Å². The van der Waals surface area contributed by atoms with Crippen LogP contribution < -0.4 is 5.32 Å². The number of hydrogen-bond donors (Lipinski definition) is 1. The van der Waals surface area contributed by atoms with Gasteiger partial charge >= 0.3 is 6.09 Å². The topological polar surface area (TPSA) is 64.6 Å². The van der Waals surface area contributed by atoms with Crippen molar-refractivity contribution < 1.29 is 19.1 Å². The van der Waals surface area contributed by atoms with Gasteiger partial charge in [0.15, 0.2) is 11.9 Å². The first-order chi connectivity index (χ1) is 9.58. The third-order valence-electron chi connectivity index (χ3n) is 3.13. The third-order valence-corrected chi connectivity index (χ3v) is 3.13. The zero-order chi connectivity index (χ0) is 14.5. The fourth-order valence-electron chi connectivity index (χ4n) is 1.88. The van der Waals surface area contributed by atoms with Gasteiger partial charge in [-0.3, -0.25) is 4.79 Å². The van der Waals surface area contributed by atoms with Gasteiger partial charge < -0.3 is 14.8 Å². The zero-order valence-corrected chi connectivity index (χ0v) is 11.7. The van der Waals surface area contributed by atoms with Crippen molar-refractivity contribution >= 4 is 11.9 Å². The van der Waals surface area contributed by atoms with Gasteiger partial charge in [0.1, 0.15) is 6.04 Å². The molecule has 1 fully saturated rings. The Kier molecular flexibility index (Phi) is 4.74. The van der Waals surface area contributed by atoms with E-state index < -0.39 is 12.1 Å². The van der Waals surface area contributed by atoms with E-state index in [4.69, 9.17) is 9.47 Å². The number of carbonyl (C=O) groups is 2. The predicted molar refractivity (Wildman–Crippen MR) is 73.3 cm³/mol. The highest BCUT2D eigenvalue weighted by molar-refractivity contribution is 5.89. The first kappa shape index (κ1) is 14.5. The fraction of sp³-hybridized carbons (Fsp3) is 0.467. The molecular weight excluding hydrogens is 258 g/mol. The number of alkyl carbamates (subject to hydrolysis) is 1. The minimum atomic E-state index is -0.676. The number of amides is 1. The Morgan fingerprint density at radius 1 is 1.25 bits per heavy atom. The second-order valence-electron chi connectivity index (χ2n) is 5.11. The summed E-state index contributed by atoms with van der Waals surface area (Å²) >= 11 is 0. The Morgan fingerprint density at radius 2 is 1.90 bits per heavy atom. The van der Waals surface area contributed by atoms with Crippen molar-refractivity contribution in [3.8, 4) is 0 Å². The van der Waals surface area contributed by atoms with Crippen molar-refractivity contribution in [3.05, 3.63) is 35.9 Å².